The zero-order valence-corrected chi connectivity index (χ0v) is 14.0. The van der Waals surface area contributed by atoms with Crippen LogP contribution in [-0.4, -0.2) is 42.8 Å². The number of carbonyl (C=O) groups excluding carboxylic acids is 1. The minimum atomic E-state index is -4.85. The number of amides is 2. The van der Waals surface area contributed by atoms with Crippen LogP contribution in [0.25, 0.3) is 0 Å². The number of carbonyl (C=O) groups is 1. The lowest BCUT2D eigenvalue weighted by atomic mass is 9.72. The highest BCUT2D eigenvalue weighted by Gasteiger charge is 2.53. The number of alkyl halides is 2. The summed E-state index contributed by atoms with van der Waals surface area (Å²) in [6.45, 7) is 0.160. The lowest BCUT2D eigenvalue weighted by molar-refractivity contribution is -0.388. The van der Waals surface area contributed by atoms with Crippen molar-refractivity contribution >= 4 is 21.7 Å². The van der Waals surface area contributed by atoms with Gasteiger partial charge in [0.1, 0.15) is 0 Å². The summed E-state index contributed by atoms with van der Waals surface area (Å²) in [7, 11) is -4.85. The number of rotatable bonds is 4. The summed E-state index contributed by atoms with van der Waals surface area (Å²) >= 11 is 0. The molecule has 2 amide bonds. The van der Waals surface area contributed by atoms with E-state index in [0.29, 0.717) is 6.42 Å². The Morgan fingerprint density at radius 2 is 2.00 bits per heavy atom. The fourth-order valence-electron chi connectivity index (χ4n) is 3.26. The average Bonchev–Trinajstić information content (AvgIpc) is 2.42. The molecular weight excluding hydrogens is 379 g/mol. The molecule has 1 saturated carbocycles. The highest BCUT2D eigenvalue weighted by atomic mass is 32.2. The van der Waals surface area contributed by atoms with E-state index < -0.39 is 55.3 Å². The van der Waals surface area contributed by atoms with Crippen LogP contribution in [0.15, 0.2) is 23.1 Å². The zero-order valence-electron chi connectivity index (χ0n) is 13.2. The lowest BCUT2D eigenvalue weighted by Crippen LogP contribution is -2.61. The number of nitro groups is 1. The Balaban J connectivity index is 1.76. The first kappa shape index (κ1) is 18.4. The monoisotopic (exact) mass is 393 g/mol. The van der Waals surface area contributed by atoms with Crippen LogP contribution >= 0.6 is 0 Å². The van der Waals surface area contributed by atoms with Crippen LogP contribution in [0, 0.1) is 21.8 Å². The first-order chi connectivity index (χ1) is 12.0. The summed E-state index contributed by atoms with van der Waals surface area (Å²) in [5.74, 6) is -4.59. The number of halogens is 3. The van der Waals surface area contributed by atoms with Gasteiger partial charge in [0.05, 0.1) is 4.92 Å². The van der Waals surface area contributed by atoms with Crippen molar-refractivity contribution in [1.29, 1.82) is 0 Å². The molecule has 1 N–H and O–H groups in total. The van der Waals surface area contributed by atoms with E-state index in [0.717, 1.165) is 23.1 Å². The molecule has 0 aromatic heterocycles. The van der Waals surface area contributed by atoms with E-state index in [4.69, 9.17) is 0 Å². The Morgan fingerprint density at radius 1 is 1.35 bits per heavy atom. The number of sulfonamides is 1. The van der Waals surface area contributed by atoms with Gasteiger partial charge in [-0.25, -0.2) is 31.1 Å². The smallest absolute Gasteiger partial charge is 0.321 e. The van der Waals surface area contributed by atoms with Gasteiger partial charge in [0.25, 0.3) is 15.7 Å². The Morgan fingerprint density at radius 3 is 2.50 bits per heavy atom. The number of hydrogen-bond acceptors (Lipinski definition) is 5. The number of hydrogen-bond donors (Lipinski definition) is 1. The molecular formula is C14H14F3N3O5S. The molecule has 0 bridgehead atoms. The number of benzene rings is 1. The molecule has 1 aromatic rings. The Kier molecular flexibility index (Phi) is 4.33. The van der Waals surface area contributed by atoms with E-state index in [9.17, 15) is 36.5 Å². The first-order valence-corrected chi connectivity index (χ1v) is 9.14. The van der Waals surface area contributed by atoms with E-state index >= 15 is 0 Å². The largest absolute Gasteiger partial charge is 0.331 e. The van der Waals surface area contributed by atoms with E-state index in [1.54, 1.807) is 4.72 Å². The maximum Gasteiger partial charge on any atom is 0.331 e. The third-order valence-corrected chi connectivity index (χ3v) is 6.01. The highest BCUT2D eigenvalue weighted by molar-refractivity contribution is 7.90. The summed E-state index contributed by atoms with van der Waals surface area (Å²) in [6, 6.07) is 0.839. The van der Waals surface area contributed by atoms with Crippen molar-refractivity contribution in [3.05, 3.63) is 34.1 Å². The number of nitrogens with zero attached hydrogens (tertiary/aromatic N) is 2. The van der Waals surface area contributed by atoms with Crippen LogP contribution in [0.4, 0.5) is 23.7 Å². The van der Waals surface area contributed by atoms with Crippen molar-refractivity contribution in [2.75, 3.05) is 6.54 Å². The van der Waals surface area contributed by atoms with Gasteiger partial charge in [0.15, 0.2) is 5.82 Å². The standard InChI is InChI=1S/C14H14F3N3O5S/c15-9-2-1-3-11(20(22)23)12(9)26(24,25)18-13(21)19-5-4-10(19)8-6-14(16,17)7-8/h1-3,8,10H,4-7H2,(H,18,21). The molecule has 2 aliphatic rings. The molecule has 2 fully saturated rings. The Labute approximate surface area is 146 Å². The molecule has 26 heavy (non-hydrogen) atoms. The fraction of sp³-hybridized carbons (Fsp3) is 0.500. The van der Waals surface area contributed by atoms with E-state index in [-0.39, 0.29) is 19.4 Å². The number of nitrogens with one attached hydrogen (secondary N) is 1. The SMILES string of the molecule is O=C(NS(=O)(=O)c1c(F)cccc1[N+](=O)[O-])N1CCC1C1CC(F)(F)C1. The Hall–Kier alpha value is -2.37. The summed E-state index contributed by atoms with van der Waals surface area (Å²) in [5.41, 5.74) is -1.01. The zero-order chi connectivity index (χ0) is 19.3. The molecule has 12 heteroatoms. The topological polar surface area (TPSA) is 110 Å². The Bertz CT molecular complexity index is 869. The van der Waals surface area contributed by atoms with Crippen molar-refractivity contribution in [3.8, 4) is 0 Å². The van der Waals surface area contributed by atoms with Gasteiger partial charge in [-0.05, 0) is 18.4 Å². The molecule has 1 aliphatic heterocycles. The lowest BCUT2D eigenvalue weighted by Gasteiger charge is -2.50. The summed E-state index contributed by atoms with van der Waals surface area (Å²) in [5, 5.41) is 10.9. The molecule has 1 unspecified atom stereocenters. The van der Waals surface area contributed by atoms with Gasteiger partial charge in [-0.3, -0.25) is 10.1 Å². The number of urea groups is 1. The normalized spacial score (nSPS) is 22.3. The predicted molar refractivity (Wildman–Crippen MR) is 81.6 cm³/mol. The molecule has 3 rings (SSSR count). The van der Waals surface area contributed by atoms with E-state index in [2.05, 4.69) is 0 Å². The predicted octanol–water partition coefficient (Wildman–Crippen LogP) is 2.25. The van der Waals surface area contributed by atoms with Gasteiger partial charge >= 0.3 is 6.03 Å². The molecule has 1 aliphatic carbocycles. The van der Waals surface area contributed by atoms with Crippen molar-refractivity contribution in [3.63, 3.8) is 0 Å². The minimum absolute atomic E-state index is 0.160. The van der Waals surface area contributed by atoms with Crippen LogP contribution in [-0.2, 0) is 10.0 Å². The molecule has 0 spiro atoms. The van der Waals surface area contributed by atoms with Gasteiger partial charge in [-0.1, -0.05) is 6.07 Å². The molecule has 1 aromatic carbocycles. The van der Waals surface area contributed by atoms with Crippen molar-refractivity contribution in [1.82, 2.24) is 9.62 Å². The number of nitro benzene ring substituents is 1. The second-order valence-electron chi connectivity index (χ2n) is 6.33. The molecule has 142 valence electrons. The second-order valence-corrected chi connectivity index (χ2v) is 7.95. The maximum atomic E-state index is 13.9. The van der Waals surface area contributed by atoms with Crippen LogP contribution in [0.2, 0.25) is 0 Å². The van der Waals surface area contributed by atoms with E-state index in [1.807, 2.05) is 0 Å². The molecule has 1 heterocycles. The van der Waals surface area contributed by atoms with Gasteiger partial charge in [-0.15, -0.1) is 0 Å². The van der Waals surface area contributed by atoms with Gasteiger partial charge in [0.2, 0.25) is 10.8 Å². The second kappa shape index (κ2) is 6.11. The molecule has 0 radical (unpaired) electrons. The average molecular weight is 393 g/mol. The quantitative estimate of drug-likeness (QED) is 0.623. The maximum absolute atomic E-state index is 13.9. The summed E-state index contributed by atoms with van der Waals surface area (Å²) in [4.78, 5) is 21.9. The third-order valence-electron chi connectivity index (χ3n) is 4.63. The van der Waals surface area contributed by atoms with Crippen molar-refractivity contribution < 1.29 is 31.3 Å². The van der Waals surface area contributed by atoms with Gasteiger partial charge in [0, 0.05) is 31.5 Å². The van der Waals surface area contributed by atoms with Crippen molar-refractivity contribution in [2.45, 2.75) is 36.1 Å². The number of likely N-dealkylation sites (tertiary alicyclic amines) is 1. The van der Waals surface area contributed by atoms with Crippen LogP contribution in [0.5, 0.6) is 0 Å². The van der Waals surface area contributed by atoms with Crippen LogP contribution < -0.4 is 4.72 Å². The minimum Gasteiger partial charge on any atom is -0.321 e. The summed E-state index contributed by atoms with van der Waals surface area (Å²) in [6.07, 6.45) is -0.311. The third kappa shape index (κ3) is 3.20. The van der Waals surface area contributed by atoms with Crippen LogP contribution in [0.1, 0.15) is 19.3 Å². The first-order valence-electron chi connectivity index (χ1n) is 7.66. The highest BCUT2D eigenvalue weighted by Crippen LogP contribution is 2.47. The molecule has 1 atom stereocenters. The van der Waals surface area contributed by atoms with Crippen molar-refractivity contribution in [2.24, 2.45) is 5.92 Å². The van der Waals surface area contributed by atoms with Gasteiger partial charge < -0.3 is 4.90 Å². The molecule has 1 saturated heterocycles. The summed E-state index contributed by atoms with van der Waals surface area (Å²) < 4.78 is 66.0. The van der Waals surface area contributed by atoms with E-state index in [1.165, 1.54) is 0 Å². The fourth-order valence-corrected chi connectivity index (χ4v) is 4.45. The van der Waals surface area contributed by atoms with Crippen LogP contribution in [0.3, 0.4) is 0 Å². The van der Waals surface area contributed by atoms with Gasteiger partial charge in [-0.2, -0.15) is 0 Å². The molecule has 8 nitrogen and oxygen atoms in total.